The molecule has 0 rings (SSSR count). The quantitative estimate of drug-likeness (QED) is 0.205. The molecule has 0 saturated carbocycles. The maximum atomic E-state index is 5.91. The average molecular weight is 411 g/mol. The molecule has 0 aromatic heterocycles. The van der Waals surface area contributed by atoms with Crippen molar-refractivity contribution in [3.05, 3.63) is 46.6 Å². The lowest BCUT2D eigenvalue weighted by molar-refractivity contribution is 0.695. The van der Waals surface area contributed by atoms with Gasteiger partial charge in [-0.15, -0.1) is 0 Å². The lowest BCUT2D eigenvalue weighted by atomic mass is 10.0. The van der Waals surface area contributed by atoms with Gasteiger partial charge in [-0.25, -0.2) is 0 Å². The zero-order valence-electron chi connectivity index (χ0n) is 19.3. The Labute approximate surface area is 173 Å². The van der Waals surface area contributed by atoms with Gasteiger partial charge in [0.15, 0.2) is 0 Å². The molecule has 27 heavy (non-hydrogen) atoms. The van der Waals surface area contributed by atoms with E-state index in [1.165, 1.54) is 67.0 Å². The first-order valence-corrected chi connectivity index (χ1v) is 14.4. The zero-order chi connectivity index (χ0) is 20.7. The molecule has 0 saturated heterocycles. The minimum Gasteiger partial charge on any atom is -0.338 e. The fourth-order valence-electron chi connectivity index (χ4n) is 2.80. The Morgan fingerprint density at radius 1 is 0.630 bits per heavy atom. The SMILES string of the molecule is CC(C)=CCC/C(C)=C/CC/C(C)=C/CC/C(C)=C/CCP(C)OP(C)C. The Morgan fingerprint density at radius 3 is 1.44 bits per heavy atom. The molecule has 1 nitrogen and oxygen atoms in total. The van der Waals surface area contributed by atoms with Crippen LogP contribution in [0.2, 0.25) is 0 Å². The van der Waals surface area contributed by atoms with E-state index in [9.17, 15) is 0 Å². The van der Waals surface area contributed by atoms with Gasteiger partial charge in [0.25, 0.3) is 0 Å². The summed E-state index contributed by atoms with van der Waals surface area (Å²) in [7, 11) is -0.441. The van der Waals surface area contributed by atoms with Crippen molar-refractivity contribution < 1.29 is 4.31 Å². The molecule has 0 aliphatic heterocycles. The predicted molar refractivity (Wildman–Crippen MR) is 131 cm³/mol. The van der Waals surface area contributed by atoms with Crippen LogP contribution in [0.1, 0.15) is 79.6 Å². The minimum absolute atomic E-state index is 0.210. The van der Waals surface area contributed by atoms with Crippen molar-refractivity contribution in [3.63, 3.8) is 0 Å². The van der Waals surface area contributed by atoms with Crippen molar-refractivity contribution in [2.45, 2.75) is 79.6 Å². The predicted octanol–water partition coefficient (Wildman–Crippen LogP) is 9.22. The van der Waals surface area contributed by atoms with Crippen LogP contribution in [-0.4, -0.2) is 26.2 Å². The molecule has 0 bridgehead atoms. The second kappa shape index (κ2) is 16.7. The van der Waals surface area contributed by atoms with Crippen molar-refractivity contribution in [3.8, 4) is 0 Å². The molecule has 0 spiro atoms. The van der Waals surface area contributed by atoms with Gasteiger partial charge in [-0.05, 0) is 106 Å². The van der Waals surface area contributed by atoms with E-state index in [2.05, 4.69) is 78.9 Å². The third-order valence-electron chi connectivity index (χ3n) is 4.39. The fraction of sp³-hybridized carbons (Fsp3) is 0.667. The molecular weight excluding hydrogens is 366 g/mol. The Bertz CT molecular complexity index is 508. The topological polar surface area (TPSA) is 9.23 Å². The molecule has 0 N–H and O–H groups in total. The van der Waals surface area contributed by atoms with Crippen LogP contribution in [0, 0.1) is 0 Å². The van der Waals surface area contributed by atoms with E-state index in [4.69, 9.17) is 4.31 Å². The van der Waals surface area contributed by atoms with Crippen LogP contribution < -0.4 is 0 Å². The van der Waals surface area contributed by atoms with E-state index in [-0.39, 0.29) is 16.3 Å². The Hall–Kier alpha value is -0.220. The average Bonchev–Trinajstić information content (AvgIpc) is 2.53. The molecule has 0 fully saturated rings. The van der Waals surface area contributed by atoms with Gasteiger partial charge in [-0.3, -0.25) is 0 Å². The van der Waals surface area contributed by atoms with Gasteiger partial charge in [-0.2, -0.15) is 0 Å². The summed E-state index contributed by atoms with van der Waals surface area (Å²) in [5, 5.41) is 0. The molecule has 1 unspecified atom stereocenters. The van der Waals surface area contributed by atoms with Gasteiger partial charge in [0, 0.05) is 16.3 Å². The second-order valence-corrected chi connectivity index (χ2v) is 12.1. The zero-order valence-corrected chi connectivity index (χ0v) is 21.1. The van der Waals surface area contributed by atoms with E-state index in [1.54, 1.807) is 0 Å². The highest BCUT2D eigenvalue weighted by Gasteiger charge is 2.03. The summed E-state index contributed by atoms with van der Waals surface area (Å²) in [6.07, 6.45) is 19.1. The summed E-state index contributed by atoms with van der Waals surface area (Å²) in [6, 6.07) is 0. The van der Waals surface area contributed by atoms with Crippen molar-refractivity contribution >= 4 is 16.3 Å². The van der Waals surface area contributed by atoms with Gasteiger partial charge in [0.1, 0.15) is 0 Å². The molecule has 0 amide bonds. The lowest BCUT2D eigenvalue weighted by Crippen LogP contribution is -1.85. The highest BCUT2D eigenvalue weighted by molar-refractivity contribution is 7.64. The fourth-order valence-corrected chi connectivity index (χ4v) is 5.85. The van der Waals surface area contributed by atoms with E-state index >= 15 is 0 Å². The molecule has 0 aromatic rings. The molecular formula is C24H44OP2. The number of allylic oxidation sites excluding steroid dienone is 8. The number of hydrogen-bond acceptors (Lipinski definition) is 1. The molecule has 0 radical (unpaired) electrons. The summed E-state index contributed by atoms with van der Waals surface area (Å²) >= 11 is 0. The number of hydrogen-bond donors (Lipinski definition) is 0. The van der Waals surface area contributed by atoms with Crippen molar-refractivity contribution in [2.24, 2.45) is 0 Å². The molecule has 1 atom stereocenters. The molecule has 156 valence electrons. The third-order valence-corrected chi connectivity index (χ3v) is 7.70. The van der Waals surface area contributed by atoms with Gasteiger partial charge in [-0.1, -0.05) is 46.6 Å². The molecule has 3 heteroatoms. The first-order chi connectivity index (χ1) is 12.7. The first-order valence-electron chi connectivity index (χ1n) is 10.4. The second-order valence-electron chi connectivity index (χ2n) is 8.08. The van der Waals surface area contributed by atoms with E-state index in [0.717, 1.165) is 6.42 Å². The molecule has 0 aliphatic carbocycles. The van der Waals surface area contributed by atoms with Crippen LogP contribution in [0.4, 0.5) is 0 Å². The molecule has 0 heterocycles. The third kappa shape index (κ3) is 18.9. The highest BCUT2D eigenvalue weighted by atomic mass is 31.2. The van der Waals surface area contributed by atoms with Crippen molar-refractivity contribution in [1.82, 2.24) is 0 Å². The Balaban J connectivity index is 4.00. The highest BCUT2D eigenvalue weighted by Crippen LogP contribution is 2.46. The Kier molecular flexibility index (Phi) is 16.6. The van der Waals surface area contributed by atoms with Crippen LogP contribution in [0.5, 0.6) is 0 Å². The number of rotatable bonds is 14. The Morgan fingerprint density at radius 2 is 1.04 bits per heavy atom. The summed E-state index contributed by atoms with van der Waals surface area (Å²) in [5.41, 5.74) is 6.00. The smallest absolute Gasteiger partial charge is 0.0311 e. The maximum Gasteiger partial charge on any atom is 0.0311 e. The van der Waals surface area contributed by atoms with Crippen LogP contribution in [-0.2, 0) is 4.31 Å². The van der Waals surface area contributed by atoms with Crippen molar-refractivity contribution in [1.29, 1.82) is 0 Å². The van der Waals surface area contributed by atoms with Crippen LogP contribution >= 0.6 is 16.3 Å². The normalized spacial score (nSPS) is 14.6. The van der Waals surface area contributed by atoms with Crippen LogP contribution in [0.25, 0.3) is 0 Å². The summed E-state index contributed by atoms with van der Waals surface area (Å²) in [6.45, 7) is 17.8. The summed E-state index contributed by atoms with van der Waals surface area (Å²) in [5.74, 6) is 0. The molecule has 0 aromatic carbocycles. The standard InChI is InChI=1S/C24H44OP2/c1-21(2)13-9-14-22(3)15-10-16-23(4)17-11-18-24(5)19-12-20-27(8)25-26(6)7/h13,15,17,19H,9-12,14,16,18,20H2,1-8H3/b22-15+,23-17+,24-19+. The lowest BCUT2D eigenvalue weighted by Gasteiger charge is -2.14. The van der Waals surface area contributed by atoms with Crippen LogP contribution in [0.3, 0.4) is 0 Å². The summed E-state index contributed by atoms with van der Waals surface area (Å²) < 4.78 is 5.91. The minimum atomic E-state index is -0.230. The molecule has 0 aliphatic rings. The van der Waals surface area contributed by atoms with E-state index in [1.807, 2.05) is 0 Å². The van der Waals surface area contributed by atoms with E-state index in [0.29, 0.717) is 0 Å². The maximum absolute atomic E-state index is 5.91. The van der Waals surface area contributed by atoms with E-state index < -0.39 is 0 Å². The van der Waals surface area contributed by atoms with Gasteiger partial charge in [0.2, 0.25) is 0 Å². The van der Waals surface area contributed by atoms with Gasteiger partial charge >= 0.3 is 0 Å². The first kappa shape index (κ1) is 26.8. The van der Waals surface area contributed by atoms with Crippen molar-refractivity contribution in [2.75, 3.05) is 26.2 Å². The largest absolute Gasteiger partial charge is 0.338 e. The summed E-state index contributed by atoms with van der Waals surface area (Å²) in [4.78, 5) is 0. The van der Waals surface area contributed by atoms with Crippen LogP contribution in [0.15, 0.2) is 46.6 Å². The van der Waals surface area contributed by atoms with Gasteiger partial charge in [0.05, 0.1) is 0 Å². The van der Waals surface area contributed by atoms with Gasteiger partial charge < -0.3 is 4.31 Å². The monoisotopic (exact) mass is 410 g/mol.